The number of aromatic hydroxyl groups is 1. The maximum Gasteiger partial charge on any atom is 0.323 e. The summed E-state index contributed by atoms with van der Waals surface area (Å²) in [7, 11) is 0. The van der Waals surface area contributed by atoms with Crippen molar-refractivity contribution in [2.24, 2.45) is 0 Å². The highest BCUT2D eigenvalue weighted by Gasteiger charge is 2.34. The van der Waals surface area contributed by atoms with Gasteiger partial charge in [-0.05, 0) is 29.7 Å². The fourth-order valence-corrected chi connectivity index (χ4v) is 4.04. The molecule has 29 heavy (non-hydrogen) atoms. The summed E-state index contributed by atoms with van der Waals surface area (Å²) in [4.78, 5) is 35.0. The van der Waals surface area contributed by atoms with Crippen LogP contribution in [0.15, 0.2) is 47.4 Å². The van der Waals surface area contributed by atoms with E-state index in [1.165, 1.54) is 12.1 Å². The van der Waals surface area contributed by atoms with Gasteiger partial charge in [0.2, 0.25) is 5.75 Å². The number of carbonyl (C=O) groups is 2. The van der Waals surface area contributed by atoms with Gasteiger partial charge >= 0.3 is 11.7 Å². The molecule has 0 spiro atoms. The third-order valence-corrected chi connectivity index (χ3v) is 5.46. The van der Waals surface area contributed by atoms with Gasteiger partial charge in [-0.2, -0.15) is 0 Å². The van der Waals surface area contributed by atoms with Crippen LogP contribution >= 0.6 is 24.0 Å². The van der Waals surface area contributed by atoms with Crippen molar-refractivity contribution in [1.29, 1.82) is 0 Å². The van der Waals surface area contributed by atoms with Crippen molar-refractivity contribution in [2.75, 3.05) is 6.54 Å². The Balaban J connectivity index is 2.01. The lowest BCUT2D eigenvalue weighted by molar-refractivity contribution is -0.385. The minimum Gasteiger partial charge on any atom is -0.502 e. The Bertz CT molecular complexity index is 1050. The molecule has 1 aliphatic rings. The average molecular weight is 430 g/mol. The fourth-order valence-electron chi connectivity index (χ4n) is 2.80. The number of thiocarbonyl (C=S) groups is 1. The first-order chi connectivity index (χ1) is 13.8. The van der Waals surface area contributed by atoms with Gasteiger partial charge in [-0.15, -0.1) is 0 Å². The first-order valence-electron chi connectivity index (χ1n) is 8.27. The van der Waals surface area contributed by atoms with Crippen LogP contribution in [0.5, 0.6) is 5.75 Å². The van der Waals surface area contributed by atoms with Crippen LogP contribution in [0, 0.1) is 10.1 Å². The number of phenols is 1. The summed E-state index contributed by atoms with van der Waals surface area (Å²) in [6.45, 7) is -0.581. The van der Waals surface area contributed by atoms with Gasteiger partial charge in [0, 0.05) is 11.6 Å². The number of hydrogen-bond acceptors (Lipinski definition) is 7. The molecule has 1 saturated heterocycles. The third kappa shape index (κ3) is 4.61. The molecular formula is C19H14N2O6S2. The first kappa shape index (κ1) is 20.5. The Morgan fingerprint density at radius 3 is 2.55 bits per heavy atom. The highest BCUT2D eigenvalue weighted by atomic mass is 32.2. The summed E-state index contributed by atoms with van der Waals surface area (Å²) < 4.78 is 0.0677. The molecule has 148 valence electrons. The summed E-state index contributed by atoms with van der Waals surface area (Å²) >= 11 is 5.91. The van der Waals surface area contributed by atoms with Crippen molar-refractivity contribution in [3.05, 3.63) is 74.2 Å². The molecule has 0 atom stereocenters. The quantitative estimate of drug-likeness (QED) is 0.310. The Kier molecular flexibility index (Phi) is 5.95. The maximum atomic E-state index is 12.4. The van der Waals surface area contributed by atoms with Gasteiger partial charge in [0.05, 0.1) is 9.83 Å². The number of carbonyl (C=O) groups excluding carboxylic acids is 1. The lowest BCUT2D eigenvalue weighted by atomic mass is 10.0. The van der Waals surface area contributed by atoms with Gasteiger partial charge in [0.25, 0.3) is 5.91 Å². The second-order valence-electron chi connectivity index (χ2n) is 6.13. The van der Waals surface area contributed by atoms with Crippen molar-refractivity contribution >= 4 is 51.9 Å². The van der Waals surface area contributed by atoms with Crippen LogP contribution in [0.25, 0.3) is 6.08 Å². The smallest absolute Gasteiger partial charge is 0.323 e. The number of phenolic OH excluding ortho intramolecular Hbond substituents is 1. The molecule has 0 aliphatic carbocycles. The SMILES string of the molecule is O=C(O)CN1C(=O)C(=Cc2cc(Cc3ccccc3)cc([N+](=O)[O-])c2O)SC1=S. The molecule has 2 aromatic carbocycles. The predicted octanol–water partition coefficient (Wildman–Crippen LogP) is 3.18. The van der Waals surface area contributed by atoms with Crippen LogP contribution in [0.3, 0.4) is 0 Å². The normalized spacial score (nSPS) is 15.2. The van der Waals surface area contributed by atoms with E-state index >= 15 is 0 Å². The van der Waals surface area contributed by atoms with Crippen LogP contribution in [0.4, 0.5) is 5.69 Å². The highest BCUT2D eigenvalue weighted by Crippen LogP contribution is 2.37. The van der Waals surface area contributed by atoms with Gasteiger partial charge in [0.1, 0.15) is 10.9 Å². The van der Waals surface area contributed by atoms with Crippen LogP contribution < -0.4 is 0 Å². The van der Waals surface area contributed by atoms with E-state index < -0.39 is 34.8 Å². The summed E-state index contributed by atoms with van der Waals surface area (Å²) in [5.41, 5.74) is 1.10. The number of thioether (sulfide) groups is 1. The second-order valence-corrected chi connectivity index (χ2v) is 7.81. The van der Waals surface area contributed by atoms with E-state index in [1.54, 1.807) is 6.07 Å². The minimum absolute atomic E-state index is 0.0677. The molecule has 1 aliphatic heterocycles. The molecule has 0 bridgehead atoms. The molecule has 2 aromatic rings. The topological polar surface area (TPSA) is 121 Å². The average Bonchev–Trinajstić information content (AvgIpc) is 2.92. The fraction of sp³-hybridized carbons (Fsp3) is 0.105. The van der Waals surface area contributed by atoms with Crippen LogP contribution in [0.2, 0.25) is 0 Å². The van der Waals surface area contributed by atoms with E-state index in [9.17, 15) is 24.8 Å². The molecule has 1 amide bonds. The maximum absolute atomic E-state index is 12.4. The summed E-state index contributed by atoms with van der Waals surface area (Å²) in [6.07, 6.45) is 1.68. The lowest BCUT2D eigenvalue weighted by Gasteiger charge is -2.10. The van der Waals surface area contributed by atoms with Gasteiger partial charge < -0.3 is 10.2 Å². The monoisotopic (exact) mass is 430 g/mol. The number of hydrogen-bond donors (Lipinski definition) is 2. The van der Waals surface area contributed by atoms with Crippen LogP contribution in [-0.2, 0) is 16.0 Å². The zero-order valence-electron chi connectivity index (χ0n) is 14.8. The number of aliphatic carboxylic acids is 1. The number of nitro groups is 1. The predicted molar refractivity (Wildman–Crippen MR) is 112 cm³/mol. The standard InChI is InChI=1S/C19H14N2O6S2/c22-16(23)10-20-18(25)15(29-19(20)28)9-13-7-12(6-11-4-2-1-3-5-11)8-14(17(13)24)21(26)27/h1-5,7-9,24H,6,10H2,(H,22,23). The number of carboxylic acid groups (broad SMARTS) is 1. The van der Waals surface area contributed by atoms with Gasteiger partial charge in [0.15, 0.2) is 0 Å². The molecule has 0 radical (unpaired) electrons. The van der Waals surface area contributed by atoms with Gasteiger partial charge in [-0.1, -0.05) is 54.3 Å². The summed E-state index contributed by atoms with van der Waals surface area (Å²) in [6, 6.07) is 12.1. The highest BCUT2D eigenvalue weighted by molar-refractivity contribution is 8.26. The van der Waals surface area contributed by atoms with Gasteiger partial charge in [-0.3, -0.25) is 24.6 Å². The zero-order valence-corrected chi connectivity index (χ0v) is 16.4. The molecular weight excluding hydrogens is 416 g/mol. The second kappa shape index (κ2) is 8.41. The van der Waals surface area contributed by atoms with E-state index in [0.717, 1.165) is 22.2 Å². The van der Waals surface area contributed by atoms with Crippen molar-refractivity contribution in [3.63, 3.8) is 0 Å². The van der Waals surface area contributed by atoms with E-state index in [1.807, 2.05) is 30.3 Å². The van der Waals surface area contributed by atoms with Crippen molar-refractivity contribution in [1.82, 2.24) is 4.90 Å². The van der Waals surface area contributed by atoms with Crippen LogP contribution in [0.1, 0.15) is 16.7 Å². The minimum atomic E-state index is -1.22. The number of nitro benzene ring substituents is 1. The molecule has 8 nitrogen and oxygen atoms in total. The molecule has 1 fully saturated rings. The van der Waals surface area contributed by atoms with Gasteiger partial charge in [-0.25, -0.2) is 0 Å². The van der Waals surface area contributed by atoms with Crippen molar-refractivity contribution in [3.8, 4) is 5.75 Å². The number of nitrogens with zero attached hydrogens (tertiary/aromatic N) is 2. The zero-order chi connectivity index (χ0) is 21.1. The Labute approximate surface area is 174 Å². The molecule has 1 heterocycles. The number of rotatable bonds is 6. The Morgan fingerprint density at radius 2 is 1.93 bits per heavy atom. The van der Waals surface area contributed by atoms with E-state index in [2.05, 4.69) is 0 Å². The molecule has 2 N–H and O–H groups in total. The van der Waals surface area contributed by atoms with E-state index in [0.29, 0.717) is 12.0 Å². The van der Waals surface area contributed by atoms with Crippen LogP contribution in [-0.4, -0.2) is 42.8 Å². The van der Waals surface area contributed by atoms with Crippen molar-refractivity contribution in [2.45, 2.75) is 6.42 Å². The molecule has 0 aromatic heterocycles. The Morgan fingerprint density at radius 1 is 1.24 bits per heavy atom. The molecule has 10 heteroatoms. The molecule has 3 rings (SSSR count). The lowest BCUT2D eigenvalue weighted by Crippen LogP contribution is -2.33. The molecule has 0 saturated carbocycles. The van der Waals surface area contributed by atoms with E-state index in [-0.39, 0.29) is 14.8 Å². The number of amides is 1. The summed E-state index contributed by atoms with van der Waals surface area (Å²) in [5, 5.41) is 30.6. The van der Waals surface area contributed by atoms with E-state index in [4.69, 9.17) is 17.3 Å². The molecule has 0 unspecified atom stereocenters. The summed E-state index contributed by atoms with van der Waals surface area (Å²) in [5.74, 6) is -2.42. The Hall–Kier alpha value is -3.24. The number of carboxylic acids is 1. The third-order valence-electron chi connectivity index (χ3n) is 4.08. The number of benzene rings is 2. The first-order valence-corrected chi connectivity index (χ1v) is 9.50. The largest absolute Gasteiger partial charge is 0.502 e. The van der Waals surface area contributed by atoms with Crippen molar-refractivity contribution < 1.29 is 24.7 Å².